The van der Waals surface area contributed by atoms with Gasteiger partial charge < -0.3 is 14.8 Å². The van der Waals surface area contributed by atoms with Crippen LogP contribution in [0.15, 0.2) is 42.2 Å². The fourth-order valence-corrected chi connectivity index (χ4v) is 2.53. The van der Waals surface area contributed by atoms with E-state index in [9.17, 15) is 9.59 Å². The number of benzene rings is 1. The van der Waals surface area contributed by atoms with Crippen LogP contribution in [0, 0.1) is 6.92 Å². The highest BCUT2D eigenvalue weighted by atomic mass is 35.5. The second-order valence-corrected chi connectivity index (χ2v) is 6.36. The van der Waals surface area contributed by atoms with Gasteiger partial charge in [0.05, 0.1) is 16.4 Å². The zero-order valence-electron chi connectivity index (χ0n) is 13.9. The van der Waals surface area contributed by atoms with Crippen LogP contribution in [0.5, 0.6) is 0 Å². The minimum atomic E-state index is -1.27. The second-order valence-electron chi connectivity index (χ2n) is 5.95. The third-order valence-corrected chi connectivity index (χ3v) is 3.72. The minimum absolute atomic E-state index is 0.220. The monoisotopic (exact) mass is 361 g/mol. The number of cyclic esters (lactones) is 2. The van der Waals surface area contributed by atoms with Gasteiger partial charge in [0, 0.05) is 31.9 Å². The molecular weight excluding hydrogens is 346 g/mol. The van der Waals surface area contributed by atoms with Crippen LogP contribution >= 0.6 is 11.6 Å². The van der Waals surface area contributed by atoms with Crippen LogP contribution < -0.4 is 5.32 Å². The number of carbonyl (C=O) groups is 2. The Kier molecular flexibility index (Phi) is 4.26. The van der Waals surface area contributed by atoms with E-state index in [0.717, 1.165) is 5.69 Å². The zero-order chi connectivity index (χ0) is 18.2. The van der Waals surface area contributed by atoms with Gasteiger partial charge in [0.1, 0.15) is 0 Å². The molecule has 1 saturated heterocycles. The number of halogens is 1. The highest BCUT2D eigenvalue weighted by Gasteiger charge is 2.38. The van der Waals surface area contributed by atoms with Gasteiger partial charge in [-0.05, 0) is 31.2 Å². The number of aryl methyl sites for hydroxylation is 1. The van der Waals surface area contributed by atoms with Crippen LogP contribution in [-0.4, -0.2) is 27.5 Å². The normalized spacial score (nSPS) is 16.2. The van der Waals surface area contributed by atoms with Crippen molar-refractivity contribution >= 4 is 29.2 Å². The molecule has 0 atom stereocenters. The number of nitrogens with zero attached hydrogens (tertiary/aromatic N) is 2. The van der Waals surface area contributed by atoms with Crippen molar-refractivity contribution in [2.24, 2.45) is 0 Å². The first-order chi connectivity index (χ1) is 11.7. The predicted octanol–water partition coefficient (Wildman–Crippen LogP) is 2.97. The van der Waals surface area contributed by atoms with Gasteiger partial charge in [-0.3, -0.25) is 0 Å². The Morgan fingerprint density at radius 2 is 1.88 bits per heavy atom. The first-order valence-corrected chi connectivity index (χ1v) is 7.88. The average Bonchev–Trinajstić information content (AvgIpc) is 2.91. The highest BCUT2D eigenvalue weighted by Crippen LogP contribution is 2.26. The van der Waals surface area contributed by atoms with Gasteiger partial charge in [0.15, 0.2) is 5.57 Å². The van der Waals surface area contributed by atoms with Gasteiger partial charge >= 0.3 is 11.9 Å². The van der Waals surface area contributed by atoms with E-state index in [1.165, 1.54) is 20.0 Å². The molecule has 2 heterocycles. The lowest BCUT2D eigenvalue weighted by Crippen LogP contribution is -2.42. The number of esters is 2. The molecule has 0 unspecified atom stereocenters. The zero-order valence-corrected chi connectivity index (χ0v) is 14.6. The van der Waals surface area contributed by atoms with Gasteiger partial charge in [0.25, 0.3) is 5.79 Å². The van der Waals surface area contributed by atoms with Crippen LogP contribution in [0.2, 0.25) is 5.02 Å². The molecule has 1 fully saturated rings. The first kappa shape index (κ1) is 17.0. The first-order valence-electron chi connectivity index (χ1n) is 7.51. The van der Waals surface area contributed by atoms with Gasteiger partial charge in [-0.15, -0.1) is 0 Å². The molecule has 0 spiro atoms. The van der Waals surface area contributed by atoms with Crippen molar-refractivity contribution in [1.82, 2.24) is 9.78 Å². The van der Waals surface area contributed by atoms with Crippen LogP contribution in [-0.2, 0) is 19.1 Å². The molecule has 1 aliphatic heterocycles. The summed E-state index contributed by atoms with van der Waals surface area (Å²) in [5, 5.41) is 7.61. The molecule has 130 valence electrons. The summed E-state index contributed by atoms with van der Waals surface area (Å²) < 4.78 is 11.7. The van der Waals surface area contributed by atoms with Crippen molar-refractivity contribution in [1.29, 1.82) is 0 Å². The molecule has 7 nitrogen and oxygen atoms in total. The lowest BCUT2D eigenvalue weighted by molar-refractivity contribution is -0.222. The summed E-state index contributed by atoms with van der Waals surface area (Å²) in [5.74, 6) is -2.76. The van der Waals surface area contributed by atoms with Crippen molar-refractivity contribution in [3.05, 3.63) is 53.0 Å². The molecule has 1 aliphatic rings. The van der Waals surface area contributed by atoms with Gasteiger partial charge in [-0.25, -0.2) is 14.3 Å². The van der Waals surface area contributed by atoms with Crippen molar-refractivity contribution in [2.45, 2.75) is 26.6 Å². The molecule has 0 amide bonds. The summed E-state index contributed by atoms with van der Waals surface area (Å²) in [6, 6.07) is 7.05. The quantitative estimate of drug-likeness (QED) is 0.514. The van der Waals surface area contributed by atoms with E-state index in [4.69, 9.17) is 21.1 Å². The number of carbonyl (C=O) groups excluding carboxylic acids is 2. The summed E-state index contributed by atoms with van der Waals surface area (Å²) in [6.07, 6.45) is 3.05. The van der Waals surface area contributed by atoms with E-state index < -0.39 is 17.7 Å². The van der Waals surface area contributed by atoms with E-state index in [0.29, 0.717) is 16.4 Å². The maximum atomic E-state index is 11.9. The Balaban J connectivity index is 1.79. The maximum absolute atomic E-state index is 11.9. The number of aromatic nitrogens is 2. The van der Waals surface area contributed by atoms with Crippen molar-refractivity contribution < 1.29 is 19.1 Å². The van der Waals surface area contributed by atoms with E-state index in [2.05, 4.69) is 10.4 Å². The number of nitrogens with one attached hydrogen (secondary N) is 1. The van der Waals surface area contributed by atoms with Crippen LogP contribution in [0.25, 0.3) is 5.69 Å². The van der Waals surface area contributed by atoms with E-state index in [1.54, 1.807) is 29.1 Å². The number of hydrogen-bond acceptors (Lipinski definition) is 6. The molecule has 2 aromatic rings. The average molecular weight is 362 g/mol. The Hall–Kier alpha value is -2.80. The van der Waals surface area contributed by atoms with Crippen LogP contribution in [0.3, 0.4) is 0 Å². The van der Waals surface area contributed by atoms with E-state index >= 15 is 0 Å². The molecule has 1 aromatic heterocycles. The number of ether oxygens (including phenoxy) is 2. The minimum Gasteiger partial charge on any atom is -0.419 e. The number of rotatable bonds is 3. The predicted molar refractivity (Wildman–Crippen MR) is 91.3 cm³/mol. The van der Waals surface area contributed by atoms with E-state index in [-0.39, 0.29) is 5.57 Å². The third kappa shape index (κ3) is 3.66. The Morgan fingerprint density at radius 1 is 1.20 bits per heavy atom. The van der Waals surface area contributed by atoms with Gasteiger partial charge in [-0.2, -0.15) is 5.10 Å². The molecular formula is C17H16ClN3O4. The summed E-state index contributed by atoms with van der Waals surface area (Å²) in [6.45, 7) is 4.86. The summed E-state index contributed by atoms with van der Waals surface area (Å²) in [5.41, 5.74) is 1.96. The molecule has 1 aromatic carbocycles. The molecule has 0 saturated carbocycles. The lowest BCUT2D eigenvalue weighted by atomic mass is 10.2. The molecule has 8 heteroatoms. The smallest absolute Gasteiger partial charge is 0.350 e. The van der Waals surface area contributed by atoms with Crippen LogP contribution in [0.4, 0.5) is 5.69 Å². The summed E-state index contributed by atoms with van der Waals surface area (Å²) in [7, 11) is 0. The van der Waals surface area contributed by atoms with Crippen molar-refractivity contribution in [3.63, 3.8) is 0 Å². The Morgan fingerprint density at radius 3 is 2.44 bits per heavy atom. The molecule has 0 aliphatic carbocycles. The standard InChI is InChI=1S/C17H16ClN3O4/c1-10-6-7-21(20-10)14-5-4-11(8-13(14)18)19-9-12-15(22)24-17(2,3)25-16(12)23/h4-9,19H,1-3H3. The Bertz CT molecular complexity index is 864. The van der Waals surface area contributed by atoms with Crippen LogP contribution in [0.1, 0.15) is 19.5 Å². The van der Waals surface area contributed by atoms with Gasteiger partial charge in [-0.1, -0.05) is 11.6 Å². The summed E-state index contributed by atoms with van der Waals surface area (Å²) in [4.78, 5) is 23.8. The maximum Gasteiger partial charge on any atom is 0.350 e. The molecule has 0 bridgehead atoms. The molecule has 0 radical (unpaired) electrons. The lowest BCUT2D eigenvalue weighted by Gasteiger charge is -2.29. The largest absolute Gasteiger partial charge is 0.419 e. The second kappa shape index (κ2) is 6.25. The van der Waals surface area contributed by atoms with Crippen molar-refractivity contribution in [3.8, 4) is 5.69 Å². The molecule has 25 heavy (non-hydrogen) atoms. The third-order valence-electron chi connectivity index (χ3n) is 3.42. The highest BCUT2D eigenvalue weighted by molar-refractivity contribution is 6.32. The Labute approximate surface area is 149 Å². The number of hydrogen-bond donors (Lipinski definition) is 1. The van der Waals surface area contributed by atoms with Gasteiger partial charge in [0.2, 0.25) is 0 Å². The molecule has 1 N–H and O–H groups in total. The fourth-order valence-electron chi connectivity index (χ4n) is 2.27. The SMILES string of the molecule is Cc1ccn(-c2ccc(NC=C3C(=O)OC(C)(C)OC3=O)cc2Cl)n1. The van der Waals surface area contributed by atoms with Crippen molar-refractivity contribution in [2.75, 3.05) is 5.32 Å². The number of anilines is 1. The topological polar surface area (TPSA) is 82.5 Å². The van der Waals surface area contributed by atoms with E-state index in [1.807, 2.05) is 13.0 Å². The summed E-state index contributed by atoms with van der Waals surface area (Å²) >= 11 is 6.28. The fraction of sp³-hybridized carbons (Fsp3) is 0.235. The molecule has 3 rings (SSSR count).